The summed E-state index contributed by atoms with van der Waals surface area (Å²) in [5.41, 5.74) is 1.93. The number of nitrogens with one attached hydrogen (secondary N) is 1. The van der Waals surface area contributed by atoms with E-state index in [-0.39, 0.29) is 23.5 Å². The van der Waals surface area contributed by atoms with Crippen LogP contribution in [0.15, 0.2) is 34.8 Å². The number of anilines is 1. The highest BCUT2D eigenvalue weighted by atomic mass is 79.9. The standard InChI is InChI=1S/C17H17BrFNO4/c1-10-4-14(2-3-15(10)18)20-16(23)9-24-17-11(7-21)5-13(19)6-12(17)8-22/h2-6,21-22H,7-9H2,1H3,(H,20,23). The number of aliphatic hydroxyl groups excluding tert-OH is 2. The number of amides is 1. The predicted octanol–water partition coefficient (Wildman–Crippen LogP) is 2.90. The predicted molar refractivity (Wildman–Crippen MR) is 91.2 cm³/mol. The molecule has 128 valence electrons. The number of hydrogen-bond donors (Lipinski definition) is 3. The number of carbonyl (C=O) groups is 1. The number of carbonyl (C=O) groups excluding carboxylic acids is 1. The van der Waals surface area contributed by atoms with E-state index in [4.69, 9.17) is 4.74 Å². The summed E-state index contributed by atoms with van der Waals surface area (Å²) in [7, 11) is 0. The van der Waals surface area contributed by atoms with Crippen molar-refractivity contribution in [2.75, 3.05) is 11.9 Å². The van der Waals surface area contributed by atoms with Crippen molar-refractivity contribution < 1.29 is 24.1 Å². The zero-order valence-electron chi connectivity index (χ0n) is 13.0. The molecule has 0 aliphatic carbocycles. The van der Waals surface area contributed by atoms with Gasteiger partial charge >= 0.3 is 0 Å². The van der Waals surface area contributed by atoms with Crippen LogP contribution in [0.4, 0.5) is 10.1 Å². The SMILES string of the molecule is Cc1cc(NC(=O)COc2c(CO)cc(F)cc2CO)ccc1Br. The molecule has 2 rings (SSSR count). The Labute approximate surface area is 147 Å². The first-order valence-electron chi connectivity index (χ1n) is 7.16. The van der Waals surface area contributed by atoms with Gasteiger partial charge in [-0.05, 0) is 42.8 Å². The van der Waals surface area contributed by atoms with Crippen LogP contribution in [-0.4, -0.2) is 22.7 Å². The number of hydrogen-bond acceptors (Lipinski definition) is 4. The van der Waals surface area contributed by atoms with Gasteiger partial charge in [0.25, 0.3) is 5.91 Å². The highest BCUT2D eigenvalue weighted by Crippen LogP contribution is 2.26. The van der Waals surface area contributed by atoms with Crippen LogP contribution in [-0.2, 0) is 18.0 Å². The van der Waals surface area contributed by atoms with Gasteiger partial charge < -0.3 is 20.3 Å². The van der Waals surface area contributed by atoms with Crippen LogP contribution in [0.2, 0.25) is 0 Å². The number of aliphatic hydroxyl groups is 2. The lowest BCUT2D eigenvalue weighted by Gasteiger charge is -2.14. The number of ether oxygens (including phenoxy) is 1. The van der Waals surface area contributed by atoms with Crippen LogP contribution in [0.5, 0.6) is 5.75 Å². The first-order chi connectivity index (χ1) is 11.4. The average Bonchev–Trinajstić information content (AvgIpc) is 2.56. The normalized spacial score (nSPS) is 10.5. The topological polar surface area (TPSA) is 78.8 Å². The minimum Gasteiger partial charge on any atom is -0.483 e. The number of aryl methyl sites for hydroxylation is 1. The minimum atomic E-state index is -0.592. The van der Waals surface area contributed by atoms with Crippen LogP contribution >= 0.6 is 15.9 Å². The van der Waals surface area contributed by atoms with Gasteiger partial charge in [-0.2, -0.15) is 0 Å². The van der Waals surface area contributed by atoms with Crippen molar-refractivity contribution >= 4 is 27.5 Å². The highest BCUT2D eigenvalue weighted by molar-refractivity contribution is 9.10. The summed E-state index contributed by atoms with van der Waals surface area (Å²) < 4.78 is 19.7. The van der Waals surface area contributed by atoms with E-state index in [0.29, 0.717) is 5.69 Å². The summed E-state index contributed by atoms with van der Waals surface area (Å²) in [5.74, 6) is -0.886. The van der Waals surface area contributed by atoms with Crippen LogP contribution in [0.25, 0.3) is 0 Å². The van der Waals surface area contributed by atoms with Crippen molar-refractivity contribution in [3.63, 3.8) is 0 Å². The second kappa shape index (κ2) is 8.23. The molecule has 0 heterocycles. The zero-order chi connectivity index (χ0) is 17.7. The number of rotatable bonds is 6. The highest BCUT2D eigenvalue weighted by Gasteiger charge is 2.14. The molecule has 24 heavy (non-hydrogen) atoms. The molecule has 0 saturated carbocycles. The van der Waals surface area contributed by atoms with Gasteiger partial charge in [0.2, 0.25) is 0 Å². The lowest BCUT2D eigenvalue weighted by Crippen LogP contribution is -2.21. The third-order valence-corrected chi connectivity index (χ3v) is 4.23. The zero-order valence-corrected chi connectivity index (χ0v) is 14.6. The summed E-state index contributed by atoms with van der Waals surface area (Å²) in [6.07, 6.45) is 0. The van der Waals surface area contributed by atoms with Gasteiger partial charge in [-0.3, -0.25) is 4.79 Å². The molecule has 1 amide bonds. The Bertz CT molecular complexity index is 726. The van der Waals surface area contributed by atoms with Crippen molar-refractivity contribution in [1.82, 2.24) is 0 Å². The quantitative estimate of drug-likeness (QED) is 0.700. The third-order valence-electron chi connectivity index (χ3n) is 3.34. The Balaban J connectivity index is 2.07. The van der Waals surface area contributed by atoms with Gasteiger partial charge in [-0.1, -0.05) is 15.9 Å². The van der Waals surface area contributed by atoms with Crippen molar-refractivity contribution in [3.8, 4) is 5.75 Å². The molecule has 0 fully saturated rings. The van der Waals surface area contributed by atoms with Gasteiger partial charge in [0.15, 0.2) is 6.61 Å². The van der Waals surface area contributed by atoms with Crippen LogP contribution < -0.4 is 10.1 Å². The maximum Gasteiger partial charge on any atom is 0.262 e. The van der Waals surface area contributed by atoms with Crippen molar-refractivity contribution in [1.29, 1.82) is 0 Å². The Kier molecular flexibility index (Phi) is 6.30. The van der Waals surface area contributed by atoms with E-state index in [1.165, 1.54) is 0 Å². The average molecular weight is 398 g/mol. The lowest BCUT2D eigenvalue weighted by molar-refractivity contribution is -0.118. The van der Waals surface area contributed by atoms with Gasteiger partial charge in [-0.25, -0.2) is 4.39 Å². The molecule has 3 N–H and O–H groups in total. The fourth-order valence-corrected chi connectivity index (χ4v) is 2.44. The molecule has 0 atom stereocenters. The molecule has 0 aliphatic heterocycles. The van der Waals surface area contributed by atoms with Crippen LogP contribution in [0, 0.1) is 12.7 Å². The lowest BCUT2D eigenvalue weighted by atomic mass is 10.1. The molecular weight excluding hydrogens is 381 g/mol. The molecule has 5 nitrogen and oxygen atoms in total. The molecule has 0 aromatic heterocycles. The minimum absolute atomic E-state index is 0.114. The second-order valence-corrected chi connectivity index (χ2v) is 6.02. The molecule has 7 heteroatoms. The second-order valence-electron chi connectivity index (χ2n) is 5.17. The monoisotopic (exact) mass is 397 g/mol. The molecule has 0 saturated heterocycles. The number of halogens is 2. The van der Waals surface area contributed by atoms with E-state index in [9.17, 15) is 19.4 Å². The summed E-state index contributed by atoms with van der Waals surface area (Å²) in [6.45, 7) is 0.637. The summed E-state index contributed by atoms with van der Waals surface area (Å²) in [5, 5.41) is 21.3. The van der Waals surface area contributed by atoms with E-state index in [0.717, 1.165) is 22.2 Å². The summed E-state index contributed by atoms with van der Waals surface area (Å²) in [4.78, 5) is 12.0. The van der Waals surface area contributed by atoms with E-state index in [2.05, 4.69) is 21.2 Å². The van der Waals surface area contributed by atoms with Gasteiger partial charge in [-0.15, -0.1) is 0 Å². The fourth-order valence-electron chi connectivity index (χ4n) is 2.19. The van der Waals surface area contributed by atoms with Gasteiger partial charge in [0.05, 0.1) is 13.2 Å². The number of benzene rings is 2. The first kappa shape index (κ1) is 18.4. The van der Waals surface area contributed by atoms with Crippen LogP contribution in [0.3, 0.4) is 0 Å². The van der Waals surface area contributed by atoms with Crippen molar-refractivity contribution in [2.24, 2.45) is 0 Å². The Morgan fingerprint density at radius 2 is 1.83 bits per heavy atom. The van der Waals surface area contributed by atoms with E-state index >= 15 is 0 Å². The molecule has 0 aliphatic rings. The van der Waals surface area contributed by atoms with E-state index < -0.39 is 24.9 Å². The molecule has 0 bridgehead atoms. The first-order valence-corrected chi connectivity index (χ1v) is 7.95. The van der Waals surface area contributed by atoms with Crippen molar-refractivity contribution in [2.45, 2.75) is 20.1 Å². The molecule has 2 aromatic rings. The molecule has 2 aromatic carbocycles. The third kappa shape index (κ3) is 4.53. The summed E-state index contributed by atoms with van der Waals surface area (Å²) in [6, 6.07) is 7.57. The van der Waals surface area contributed by atoms with Crippen LogP contribution in [0.1, 0.15) is 16.7 Å². The Morgan fingerprint density at radius 3 is 2.38 bits per heavy atom. The van der Waals surface area contributed by atoms with E-state index in [1.54, 1.807) is 12.1 Å². The Morgan fingerprint density at radius 1 is 1.21 bits per heavy atom. The smallest absolute Gasteiger partial charge is 0.262 e. The maximum absolute atomic E-state index is 13.4. The Hall–Kier alpha value is -1.96. The molecule has 0 spiro atoms. The van der Waals surface area contributed by atoms with E-state index in [1.807, 2.05) is 13.0 Å². The van der Waals surface area contributed by atoms with Gasteiger partial charge in [0.1, 0.15) is 11.6 Å². The van der Waals surface area contributed by atoms with Crippen molar-refractivity contribution in [3.05, 3.63) is 57.3 Å². The summed E-state index contributed by atoms with van der Waals surface area (Å²) >= 11 is 3.38. The maximum atomic E-state index is 13.4. The molecule has 0 unspecified atom stereocenters. The fraction of sp³-hybridized carbons (Fsp3) is 0.235. The van der Waals surface area contributed by atoms with Gasteiger partial charge in [0, 0.05) is 21.3 Å². The largest absolute Gasteiger partial charge is 0.483 e. The molecular formula is C17H17BrFNO4. The molecule has 0 radical (unpaired) electrons.